The number of benzene rings is 2. The van der Waals surface area contributed by atoms with Crippen LogP contribution in [0.3, 0.4) is 0 Å². The van der Waals surface area contributed by atoms with Crippen LogP contribution < -0.4 is 16.1 Å². The van der Waals surface area contributed by atoms with E-state index in [9.17, 15) is 0 Å². The first kappa shape index (κ1) is 19.6. The minimum Gasteiger partial charge on any atom is -0.313 e. The maximum atomic E-state index is 5.45. The molecule has 0 amide bonds. The zero-order valence-corrected chi connectivity index (χ0v) is 18.9. The summed E-state index contributed by atoms with van der Waals surface area (Å²) in [6, 6.07) is 22.3. The van der Waals surface area contributed by atoms with E-state index in [1.54, 1.807) is 16.6 Å². The monoisotopic (exact) mass is 423 g/mol. The largest absolute Gasteiger partial charge is 0.313 e. The topological polar surface area (TPSA) is 36.4 Å². The Labute approximate surface area is 192 Å². The van der Waals surface area contributed by atoms with E-state index in [1.165, 1.54) is 32.1 Å². The van der Waals surface area contributed by atoms with E-state index >= 15 is 0 Å². The van der Waals surface area contributed by atoms with Crippen LogP contribution in [0.2, 0.25) is 11.6 Å². The highest BCUT2D eigenvalue weighted by molar-refractivity contribution is 6.76. The molecule has 7 atom stereocenters. The summed E-state index contributed by atoms with van der Waals surface area (Å²) in [4.78, 5) is 5.45. The van der Waals surface area contributed by atoms with Gasteiger partial charge < -0.3 is 10.6 Å². The molecule has 7 unspecified atom stereocenters. The summed E-state index contributed by atoms with van der Waals surface area (Å²) >= 11 is 0. The van der Waals surface area contributed by atoms with Crippen LogP contribution in [0.1, 0.15) is 55.7 Å². The lowest BCUT2D eigenvalue weighted by molar-refractivity contribution is 0.0859. The van der Waals surface area contributed by atoms with Crippen molar-refractivity contribution in [1.82, 2.24) is 10.6 Å². The predicted molar refractivity (Wildman–Crippen MR) is 133 cm³/mol. The fraction of sp³-hybridized carbons (Fsp3) is 0.536. The van der Waals surface area contributed by atoms with Gasteiger partial charge in [0.1, 0.15) is 0 Å². The van der Waals surface area contributed by atoms with Gasteiger partial charge in [-0.15, -0.1) is 0 Å². The van der Waals surface area contributed by atoms with E-state index in [4.69, 9.17) is 4.99 Å². The number of aliphatic imine (C=N–C) groups is 1. The molecule has 4 aliphatic heterocycles. The minimum absolute atomic E-state index is 0.118. The Hall–Kier alpha value is -1.91. The Kier molecular flexibility index (Phi) is 4.62. The standard InChI is InChI=1S/C28H34BN3/c1-2-9-19(10-3-1)29-23-14-7-17-31-26(23)28(27-24(29)15-8-18-32-27)21-12-5-4-11-20(21)25-22(28)13-6-16-30-25/h1-5,9-12,17,22-27,30,32H,6-8,13-16,18H2. The second kappa shape index (κ2) is 7.57. The Morgan fingerprint density at radius 1 is 0.844 bits per heavy atom. The lowest BCUT2D eigenvalue weighted by atomic mass is 9.21. The predicted octanol–water partition coefficient (Wildman–Crippen LogP) is 4.12. The molecule has 0 radical (unpaired) electrons. The third-order valence-electron chi connectivity index (χ3n) is 9.75. The van der Waals surface area contributed by atoms with Gasteiger partial charge in [0.05, 0.1) is 6.04 Å². The Bertz CT molecular complexity index is 1020. The summed E-state index contributed by atoms with van der Waals surface area (Å²) in [5.74, 6) is 1.97. The molecular formula is C28H34BN3. The second-order valence-corrected chi connectivity index (χ2v) is 10.9. The maximum absolute atomic E-state index is 5.45. The fourth-order valence-corrected chi connectivity index (χ4v) is 8.94. The molecule has 0 aromatic heterocycles. The van der Waals surface area contributed by atoms with Crippen LogP contribution >= 0.6 is 0 Å². The summed E-state index contributed by atoms with van der Waals surface area (Å²) < 4.78 is 0. The van der Waals surface area contributed by atoms with E-state index in [0.717, 1.165) is 19.5 Å². The molecule has 7 rings (SSSR count). The van der Waals surface area contributed by atoms with Gasteiger partial charge >= 0.3 is 0 Å². The maximum Gasteiger partial charge on any atom is 0.185 e. The molecule has 32 heavy (non-hydrogen) atoms. The zero-order valence-electron chi connectivity index (χ0n) is 18.9. The number of piperidine rings is 2. The molecule has 3 fully saturated rings. The Morgan fingerprint density at radius 2 is 1.66 bits per heavy atom. The number of hydrogen-bond acceptors (Lipinski definition) is 3. The van der Waals surface area contributed by atoms with Crippen molar-refractivity contribution in [2.45, 2.75) is 73.7 Å². The van der Waals surface area contributed by atoms with Gasteiger partial charge in [-0.2, -0.15) is 0 Å². The lowest BCUT2D eigenvalue weighted by Gasteiger charge is -2.61. The number of nitrogens with one attached hydrogen (secondary N) is 2. The minimum atomic E-state index is 0.118. The van der Waals surface area contributed by atoms with Crippen LogP contribution in [0.5, 0.6) is 0 Å². The van der Waals surface area contributed by atoms with Crippen molar-refractivity contribution in [3.63, 3.8) is 0 Å². The van der Waals surface area contributed by atoms with Gasteiger partial charge in [-0.3, -0.25) is 4.99 Å². The molecule has 2 aromatic rings. The molecule has 0 saturated carbocycles. The van der Waals surface area contributed by atoms with Crippen molar-refractivity contribution in [3.8, 4) is 0 Å². The van der Waals surface area contributed by atoms with Gasteiger partial charge in [0, 0.05) is 17.5 Å². The van der Waals surface area contributed by atoms with Crippen molar-refractivity contribution in [1.29, 1.82) is 0 Å². The van der Waals surface area contributed by atoms with Crippen molar-refractivity contribution in [3.05, 3.63) is 65.7 Å². The highest BCUT2D eigenvalue weighted by atomic mass is 15.0. The van der Waals surface area contributed by atoms with Crippen LogP contribution in [-0.2, 0) is 5.41 Å². The number of nitrogens with zero attached hydrogens (tertiary/aromatic N) is 1. The summed E-state index contributed by atoms with van der Waals surface area (Å²) in [5.41, 5.74) is 4.86. The molecule has 5 aliphatic rings. The number of hydrogen-bond donors (Lipinski definition) is 2. The molecule has 2 N–H and O–H groups in total. The SMILES string of the molecule is C1=NC2C(CC1)B(c1ccccc1)C1CCCNC1C21c2ccccc2C2NCCCC21. The van der Waals surface area contributed by atoms with Crippen molar-refractivity contribution in [2.24, 2.45) is 10.9 Å². The molecule has 3 saturated heterocycles. The Morgan fingerprint density at radius 3 is 2.59 bits per heavy atom. The Balaban J connectivity index is 1.47. The third kappa shape index (κ3) is 2.54. The summed E-state index contributed by atoms with van der Waals surface area (Å²) in [6.45, 7) is 2.92. The van der Waals surface area contributed by atoms with Gasteiger partial charge in [0.2, 0.25) is 0 Å². The van der Waals surface area contributed by atoms with Gasteiger partial charge in [-0.05, 0) is 80.1 Å². The lowest BCUT2D eigenvalue weighted by Crippen LogP contribution is -2.71. The molecule has 1 spiro atoms. The van der Waals surface area contributed by atoms with Crippen LogP contribution in [0.4, 0.5) is 0 Å². The molecular weight excluding hydrogens is 389 g/mol. The van der Waals surface area contributed by atoms with Crippen molar-refractivity contribution >= 4 is 18.4 Å². The highest BCUT2D eigenvalue weighted by Crippen LogP contribution is 2.65. The van der Waals surface area contributed by atoms with E-state index in [-0.39, 0.29) is 5.41 Å². The quantitative estimate of drug-likeness (QED) is 0.677. The molecule has 4 heterocycles. The van der Waals surface area contributed by atoms with Crippen molar-refractivity contribution < 1.29 is 0 Å². The average molecular weight is 423 g/mol. The summed E-state index contributed by atoms with van der Waals surface area (Å²) in [5, 5.41) is 8.12. The highest BCUT2D eigenvalue weighted by Gasteiger charge is 2.68. The number of fused-ring (bicyclic) bond motifs is 9. The summed E-state index contributed by atoms with van der Waals surface area (Å²) in [6.07, 6.45) is 9.96. The van der Waals surface area contributed by atoms with Gasteiger partial charge in [-0.1, -0.05) is 66.5 Å². The molecule has 1 aliphatic carbocycles. The molecule has 164 valence electrons. The van der Waals surface area contributed by atoms with Gasteiger partial charge in [-0.25, -0.2) is 0 Å². The van der Waals surface area contributed by atoms with E-state index in [2.05, 4.69) is 71.4 Å². The first-order chi connectivity index (χ1) is 15.9. The normalized spacial score (nSPS) is 39.8. The van der Waals surface area contributed by atoms with Gasteiger partial charge in [0.25, 0.3) is 0 Å². The van der Waals surface area contributed by atoms with E-state index < -0.39 is 0 Å². The first-order valence-corrected chi connectivity index (χ1v) is 13.0. The third-order valence-corrected chi connectivity index (χ3v) is 9.75. The smallest absolute Gasteiger partial charge is 0.185 e. The van der Waals surface area contributed by atoms with Crippen LogP contribution in [0.15, 0.2) is 59.6 Å². The fourth-order valence-electron chi connectivity index (χ4n) is 8.94. The van der Waals surface area contributed by atoms with Crippen LogP contribution in [0, 0.1) is 5.92 Å². The first-order valence-electron chi connectivity index (χ1n) is 13.0. The molecule has 3 nitrogen and oxygen atoms in total. The van der Waals surface area contributed by atoms with Crippen LogP contribution in [-0.4, -0.2) is 38.1 Å². The molecule has 2 aromatic carbocycles. The average Bonchev–Trinajstić information content (AvgIpc) is 3.16. The van der Waals surface area contributed by atoms with E-state index in [1.807, 2.05) is 0 Å². The molecule has 4 heteroatoms. The van der Waals surface area contributed by atoms with Crippen LogP contribution in [0.25, 0.3) is 0 Å². The zero-order chi connectivity index (χ0) is 21.1. The molecule has 0 bridgehead atoms. The second-order valence-electron chi connectivity index (χ2n) is 10.9. The van der Waals surface area contributed by atoms with E-state index in [0.29, 0.717) is 42.4 Å². The van der Waals surface area contributed by atoms with Gasteiger partial charge in [0.15, 0.2) is 6.71 Å². The number of rotatable bonds is 1. The summed E-state index contributed by atoms with van der Waals surface area (Å²) in [7, 11) is 0. The van der Waals surface area contributed by atoms with Crippen molar-refractivity contribution in [2.75, 3.05) is 13.1 Å².